The van der Waals surface area contributed by atoms with Crippen molar-refractivity contribution in [3.05, 3.63) is 79.5 Å². The van der Waals surface area contributed by atoms with Crippen LogP contribution < -0.4 is 31.0 Å². The van der Waals surface area contributed by atoms with Gasteiger partial charge in [-0.15, -0.1) is 0 Å². The highest BCUT2D eigenvalue weighted by Gasteiger charge is 2.39. The third-order valence-corrected chi connectivity index (χ3v) is 13.0. The SMILES string of the molecule is COC1C=COC(C)Oc2c(C)c(O)c3c(=O)c(c4oc5cc(N6CCN(CCO)CC6)cc(=O)c5nc4c3c2=CO)NC(=O)C(C)=CC=CC(C)C(O)C(C)C(O)C(C)C(OC(C)=O)C1C. The number of anilines is 2. The van der Waals surface area contributed by atoms with Crippen LogP contribution in [0.3, 0.4) is 0 Å². The van der Waals surface area contributed by atoms with Crippen molar-refractivity contribution in [1.82, 2.24) is 9.88 Å². The summed E-state index contributed by atoms with van der Waals surface area (Å²) in [7, 11) is 1.46. The molecular weight excluding hydrogens is 869 g/mol. The van der Waals surface area contributed by atoms with Crippen molar-refractivity contribution >= 4 is 62.5 Å². The van der Waals surface area contributed by atoms with Gasteiger partial charge in [-0.1, -0.05) is 45.9 Å². The molecule has 1 saturated heterocycles. The number of carbonyl (C=O) groups excluding carboxylic acids is 2. The van der Waals surface area contributed by atoms with Gasteiger partial charge in [-0.2, -0.15) is 0 Å². The normalized spacial score (nSPS) is 26.7. The number of phenols is 1. The number of allylic oxidation sites excluding steroid dienone is 2. The summed E-state index contributed by atoms with van der Waals surface area (Å²) in [6.07, 6.45) is 3.29. The van der Waals surface area contributed by atoms with Crippen LogP contribution in [0.4, 0.5) is 11.4 Å². The molecule has 362 valence electrons. The minimum Gasteiger partial charge on any atom is -0.515 e. The number of aliphatic hydroxyl groups excluding tert-OH is 4. The van der Waals surface area contributed by atoms with Gasteiger partial charge >= 0.3 is 5.97 Å². The number of aliphatic hydroxyl groups is 4. The molecule has 3 aromatic carbocycles. The minimum absolute atomic E-state index is 0.00137. The first kappa shape index (κ1) is 50.4. The summed E-state index contributed by atoms with van der Waals surface area (Å²) in [6.45, 7) is 15.6. The first-order valence-corrected chi connectivity index (χ1v) is 22.4. The van der Waals surface area contributed by atoms with E-state index < -0.39 is 88.5 Å². The smallest absolute Gasteiger partial charge is 0.302 e. The van der Waals surface area contributed by atoms with Crippen LogP contribution in [-0.2, 0) is 23.8 Å². The number of ether oxygens (including phenoxy) is 4. The molecule has 1 amide bonds. The molecule has 18 nitrogen and oxygen atoms in total. The molecule has 6 N–H and O–H groups in total. The Kier molecular flexibility index (Phi) is 16.0. The fraction of sp³-hybridized carbons (Fsp3) is 0.490. The van der Waals surface area contributed by atoms with Crippen LogP contribution >= 0.6 is 0 Å². The van der Waals surface area contributed by atoms with E-state index in [0.717, 1.165) is 0 Å². The number of methoxy groups -OCH3 is 1. The Balaban J connectivity index is 1.56. The Hall–Kier alpha value is -6.05. The van der Waals surface area contributed by atoms with Gasteiger partial charge in [-0.3, -0.25) is 24.1 Å². The zero-order chi connectivity index (χ0) is 49.0. The predicted molar refractivity (Wildman–Crippen MR) is 253 cm³/mol. The average molecular weight is 931 g/mol. The lowest BCUT2D eigenvalue weighted by Gasteiger charge is -2.38. The maximum absolute atomic E-state index is 14.7. The van der Waals surface area contributed by atoms with Gasteiger partial charge in [0.2, 0.25) is 17.1 Å². The fourth-order valence-corrected chi connectivity index (χ4v) is 9.02. The molecule has 0 aliphatic carbocycles. The standard InChI is InChI=1S/C49H62N4O14/c1-24-11-10-12-25(2)49(62)51-41-45(61)38-37(40-48(41)67-36-22-32(21-34(57)39(36)50-40)53-16-14-52(15-17-53)18-19-54)33(23-55)47(29(6)44(38)60)66-31(8)64-20-13-35(63-9)26(3)46(65-30(7)56)28(5)43(59)27(4)42(24)58/h10-13,20-24,26-28,31,35,42-43,46,54-55,58-60H,14-19H2,1-9H3,(H,51,62). The maximum Gasteiger partial charge on any atom is 0.302 e. The second-order valence-corrected chi connectivity index (χ2v) is 17.6. The van der Waals surface area contributed by atoms with Crippen molar-refractivity contribution in [2.45, 2.75) is 86.1 Å². The van der Waals surface area contributed by atoms with E-state index in [4.69, 9.17) is 28.3 Å². The van der Waals surface area contributed by atoms with Gasteiger partial charge in [0, 0.05) is 112 Å². The number of nitrogens with zero attached hydrogens (tertiary/aromatic N) is 3. The van der Waals surface area contributed by atoms with E-state index in [0.29, 0.717) is 44.7 Å². The van der Waals surface area contributed by atoms with Gasteiger partial charge in [0.15, 0.2) is 16.7 Å². The van der Waals surface area contributed by atoms with Crippen molar-refractivity contribution in [3.63, 3.8) is 0 Å². The molecule has 9 unspecified atom stereocenters. The molecule has 0 radical (unpaired) electrons. The number of hydrogen-bond donors (Lipinski definition) is 6. The molecule has 4 bridgehead atoms. The predicted octanol–water partition coefficient (Wildman–Crippen LogP) is 3.92. The fourth-order valence-electron chi connectivity index (χ4n) is 9.02. The van der Waals surface area contributed by atoms with E-state index in [1.165, 1.54) is 53.2 Å². The summed E-state index contributed by atoms with van der Waals surface area (Å²) in [4.78, 5) is 63.8. The van der Waals surface area contributed by atoms with Gasteiger partial charge in [-0.05, 0) is 19.9 Å². The van der Waals surface area contributed by atoms with Gasteiger partial charge in [-0.25, -0.2) is 4.98 Å². The highest BCUT2D eigenvalue weighted by molar-refractivity contribution is 6.16. The summed E-state index contributed by atoms with van der Waals surface area (Å²) in [5.74, 6) is -4.47. The van der Waals surface area contributed by atoms with Gasteiger partial charge in [0.05, 0.1) is 48.0 Å². The highest BCUT2D eigenvalue weighted by atomic mass is 16.7. The van der Waals surface area contributed by atoms with Crippen LogP contribution in [0, 0.1) is 30.6 Å². The van der Waals surface area contributed by atoms with Crippen LogP contribution in [0.2, 0.25) is 0 Å². The van der Waals surface area contributed by atoms with Gasteiger partial charge in [0.25, 0.3) is 5.91 Å². The second-order valence-electron chi connectivity index (χ2n) is 17.6. The topological polar surface area (TPSA) is 251 Å². The quantitative estimate of drug-likeness (QED) is 0.0943. The lowest BCUT2D eigenvalue weighted by Crippen LogP contribution is -2.47. The van der Waals surface area contributed by atoms with Crippen molar-refractivity contribution < 1.29 is 58.5 Å². The van der Waals surface area contributed by atoms with Crippen molar-refractivity contribution in [1.29, 1.82) is 0 Å². The van der Waals surface area contributed by atoms with E-state index in [9.17, 15) is 44.7 Å². The highest BCUT2D eigenvalue weighted by Crippen LogP contribution is 2.38. The molecule has 4 heterocycles. The number of aromatic hydroxyl groups is 1. The molecular formula is C49H62N4O14. The Morgan fingerprint density at radius 1 is 0.955 bits per heavy atom. The molecule has 1 fully saturated rings. The largest absolute Gasteiger partial charge is 0.515 e. The lowest BCUT2D eigenvalue weighted by molar-refractivity contribution is -0.160. The first-order chi connectivity index (χ1) is 31.8. The Labute approximate surface area is 387 Å². The third-order valence-electron chi connectivity index (χ3n) is 13.0. The molecule has 67 heavy (non-hydrogen) atoms. The second kappa shape index (κ2) is 21.3. The Bertz CT molecular complexity index is 2760. The summed E-state index contributed by atoms with van der Waals surface area (Å²) in [5, 5.41) is 57.2. The molecule has 1 aromatic heterocycles. The summed E-state index contributed by atoms with van der Waals surface area (Å²) in [6, 6.07) is 3.05. The number of nitrogens with one attached hydrogen (secondary N) is 1. The zero-order valence-electron chi connectivity index (χ0n) is 39.3. The molecule has 0 spiro atoms. The van der Waals surface area contributed by atoms with Crippen LogP contribution in [-0.4, -0.2) is 124 Å². The minimum atomic E-state index is -1.14. The average Bonchev–Trinajstić information content (AvgIpc) is 3.30. The molecule has 3 aliphatic rings. The van der Waals surface area contributed by atoms with E-state index in [1.807, 2.05) is 4.90 Å². The number of piperazine rings is 1. The number of benzene rings is 3. The van der Waals surface area contributed by atoms with Crippen LogP contribution in [0.25, 0.3) is 39.2 Å². The first-order valence-electron chi connectivity index (χ1n) is 22.4. The number of phenolic OH excluding ortho intramolecular Hbond substituents is 1. The number of rotatable bonds is 5. The van der Waals surface area contributed by atoms with Crippen LogP contribution in [0.5, 0.6) is 11.5 Å². The number of hydrogen-bond acceptors (Lipinski definition) is 17. The van der Waals surface area contributed by atoms with E-state index >= 15 is 0 Å². The van der Waals surface area contributed by atoms with E-state index in [2.05, 4.69) is 10.2 Å². The lowest BCUT2D eigenvalue weighted by atomic mass is 9.78. The van der Waals surface area contributed by atoms with Crippen LogP contribution in [0.1, 0.15) is 54.0 Å². The van der Waals surface area contributed by atoms with Crippen molar-refractivity contribution in [2.24, 2.45) is 23.7 Å². The van der Waals surface area contributed by atoms with Crippen molar-refractivity contribution in [3.8, 4) is 11.5 Å². The number of fused-ring (bicyclic) bond motifs is 17. The number of β-amino-alcohol motifs (C(OH)–C–C–N with tert-alkyl or cyclic N) is 1. The molecule has 7 rings (SSSR count). The molecule has 9 atom stereocenters. The van der Waals surface area contributed by atoms with Gasteiger partial charge in [0.1, 0.15) is 28.8 Å². The Morgan fingerprint density at radius 2 is 1.66 bits per heavy atom. The van der Waals surface area contributed by atoms with Crippen molar-refractivity contribution in [2.75, 3.05) is 56.7 Å². The summed E-state index contributed by atoms with van der Waals surface area (Å²) in [5.41, 5.74) is -1.67. The molecule has 3 aliphatic heterocycles. The number of esters is 1. The van der Waals surface area contributed by atoms with E-state index in [-0.39, 0.29) is 61.7 Å². The number of amides is 1. The van der Waals surface area contributed by atoms with Gasteiger partial charge < -0.3 is 59.1 Å². The Morgan fingerprint density at radius 3 is 2.30 bits per heavy atom. The third kappa shape index (κ3) is 10.4. The maximum atomic E-state index is 14.7. The molecule has 4 aromatic rings. The van der Waals surface area contributed by atoms with Crippen LogP contribution in [0.15, 0.2) is 62.3 Å². The number of aromatic nitrogens is 1. The summed E-state index contributed by atoms with van der Waals surface area (Å²) >= 11 is 0. The van der Waals surface area contributed by atoms with E-state index in [1.54, 1.807) is 52.0 Å². The molecule has 18 heteroatoms. The summed E-state index contributed by atoms with van der Waals surface area (Å²) < 4.78 is 30.1. The molecule has 0 saturated carbocycles. The monoisotopic (exact) mass is 930 g/mol. The zero-order valence-corrected chi connectivity index (χ0v) is 39.3. The number of carbonyl (C=O) groups is 2.